The molecule has 6 rings (SSSR count). The van der Waals surface area contributed by atoms with Gasteiger partial charge >= 0.3 is 0 Å². The van der Waals surface area contributed by atoms with Crippen LogP contribution in [0.3, 0.4) is 0 Å². The van der Waals surface area contributed by atoms with Gasteiger partial charge in [-0.25, -0.2) is 0 Å². The molecule has 0 aromatic carbocycles. The van der Waals surface area contributed by atoms with Crippen LogP contribution < -0.4 is 0 Å². The molecule has 0 amide bonds. The largest absolute Gasteiger partial charge is 0.392 e. The summed E-state index contributed by atoms with van der Waals surface area (Å²) >= 11 is 0. The Labute approximate surface area is 200 Å². The highest BCUT2D eigenvalue weighted by Crippen LogP contribution is 2.86. The van der Waals surface area contributed by atoms with Crippen molar-refractivity contribution in [3.63, 3.8) is 0 Å². The lowest BCUT2D eigenvalue weighted by molar-refractivity contribution is -0.359. The van der Waals surface area contributed by atoms with Gasteiger partial charge in [-0.15, -0.1) is 0 Å². The summed E-state index contributed by atoms with van der Waals surface area (Å²) in [5, 5.41) is 36.2. The molecule has 1 aliphatic heterocycles. The number of fused-ring (bicyclic) bond motifs is 1. The number of carbonyl (C=O) groups is 1. The summed E-state index contributed by atoms with van der Waals surface area (Å²) in [6, 6.07) is -0.113. The molecule has 0 radical (unpaired) electrons. The SMILES string of the molecule is CCN1C[C@]2(COC)[C@H](O)C[C@H](OC)[C@]34C1[C@H]([C@H](OC)[C@H]23)[C@@]1(O)C[C@H](OC)[C@@]2(O)C[C@@H]4[C@]21C=O. The Hall–Kier alpha value is -0.650. The number of nitrogens with zero attached hydrogens (tertiary/aromatic N) is 1. The number of rotatable bonds is 7. The Morgan fingerprint density at radius 3 is 2.29 bits per heavy atom. The molecule has 3 N–H and O–H groups in total. The zero-order chi connectivity index (χ0) is 24.5. The highest BCUT2D eigenvalue weighted by Gasteiger charge is 2.96. The number of piperidine rings is 1. The second kappa shape index (κ2) is 7.01. The second-order valence-electron chi connectivity index (χ2n) is 11.9. The first-order valence-electron chi connectivity index (χ1n) is 12.6. The van der Waals surface area contributed by atoms with E-state index in [2.05, 4.69) is 11.8 Å². The standard InChI is InChI=1S/C25H39NO8/c1-6-26-10-21(12-31-2)14(28)7-15(32-3)25-13-8-23(29)16(33-4)9-24(30,22(13,23)11-27)17(20(25)26)18(34-5)19(21)25/h11,13-20,28-30H,6-10,12H2,1-5H3/t13-,14-,15+,16+,17+,18+,19-,20?,21+,22-,23+,24+,25+/m1/s1. The quantitative estimate of drug-likeness (QED) is 0.412. The molecule has 6 aliphatic rings. The van der Waals surface area contributed by atoms with E-state index in [0.717, 1.165) is 12.8 Å². The van der Waals surface area contributed by atoms with Gasteiger partial charge in [-0.1, -0.05) is 6.92 Å². The summed E-state index contributed by atoms with van der Waals surface area (Å²) < 4.78 is 23.9. The van der Waals surface area contributed by atoms with Crippen molar-refractivity contribution in [3.8, 4) is 0 Å². The van der Waals surface area contributed by atoms with Gasteiger partial charge in [-0.3, -0.25) is 4.90 Å². The minimum absolute atomic E-state index is 0.113. The first kappa shape index (κ1) is 23.7. The topological polar surface area (TPSA) is 118 Å². The van der Waals surface area contributed by atoms with E-state index in [9.17, 15) is 20.1 Å². The lowest BCUT2D eigenvalue weighted by Crippen LogP contribution is -2.86. The Morgan fingerprint density at radius 2 is 1.74 bits per heavy atom. The molecule has 1 unspecified atom stereocenters. The number of likely N-dealkylation sites (tertiary alicyclic amines) is 1. The molecule has 5 bridgehead atoms. The zero-order valence-electron chi connectivity index (χ0n) is 20.8. The van der Waals surface area contributed by atoms with Gasteiger partial charge in [0.25, 0.3) is 0 Å². The van der Waals surface area contributed by atoms with E-state index in [4.69, 9.17) is 18.9 Å². The molecule has 9 nitrogen and oxygen atoms in total. The molecule has 1 heterocycles. The molecule has 1 spiro atoms. The molecule has 34 heavy (non-hydrogen) atoms. The summed E-state index contributed by atoms with van der Waals surface area (Å²) in [5.74, 6) is -0.974. The lowest BCUT2D eigenvalue weighted by atomic mass is 9.32. The van der Waals surface area contributed by atoms with Gasteiger partial charge < -0.3 is 39.1 Å². The van der Waals surface area contributed by atoms with Crippen LogP contribution in [0.5, 0.6) is 0 Å². The van der Waals surface area contributed by atoms with Crippen molar-refractivity contribution in [2.24, 2.45) is 34.0 Å². The minimum Gasteiger partial charge on any atom is -0.392 e. The third kappa shape index (κ3) is 1.96. The highest BCUT2D eigenvalue weighted by molar-refractivity contribution is 5.72. The monoisotopic (exact) mass is 481 g/mol. The maximum absolute atomic E-state index is 13.1. The Morgan fingerprint density at radius 1 is 1.03 bits per heavy atom. The molecular weight excluding hydrogens is 442 g/mol. The highest BCUT2D eigenvalue weighted by atomic mass is 16.5. The Balaban J connectivity index is 1.68. The molecule has 5 aliphatic carbocycles. The number of hydrogen-bond acceptors (Lipinski definition) is 9. The van der Waals surface area contributed by atoms with E-state index in [-0.39, 0.29) is 30.4 Å². The Bertz CT molecular complexity index is 889. The lowest BCUT2D eigenvalue weighted by Gasteiger charge is -2.76. The number of ether oxygens (including phenoxy) is 4. The van der Waals surface area contributed by atoms with Crippen LogP contribution in [0.2, 0.25) is 0 Å². The van der Waals surface area contributed by atoms with Crippen LogP contribution in [0.1, 0.15) is 26.2 Å². The maximum Gasteiger partial charge on any atom is 0.132 e. The number of aliphatic hydroxyl groups excluding tert-OH is 1. The smallest absolute Gasteiger partial charge is 0.132 e. The van der Waals surface area contributed by atoms with E-state index in [0.29, 0.717) is 26.0 Å². The summed E-state index contributed by atoms with van der Waals surface area (Å²) in [6.07, 6.45) is -0.341. The van der Waals surface area contributed by atoms with Crippen molar-refractivity contribution in [1.82, 2.24) is 4.90 Å². The van der Waals surface area contributed by atoms with E-state index in [1.807, 2.05) is 0 Å². The fourth-order valence-corrected chi connectivity index (χ4v) is 11.1. The summed E-state index contributed by atoms with van der Waals surface area (Å²) in [7, 11) is 6.52. The van der Waals surface area contributed by atoms with Gasteiger partial charge in [0, 0.05) is 76.5 Å². The third-order valence-corrected chi connectivity index (χ3v) is 11.8. The normalized spacial score (nSPS) is 61.2. The van der Waals surface area contributed by atoms with Gasteiger partial charge in [0.2, 0.25) is 0 Å². The van der Waals surface area contributed by atoms with E-state index >= 15 is 0 Å². The van der Waals surface area contributed by atoms with Gasteiger partial charge in [-0.05, 0) is 18.9 Å². The van der Waals surface area contributed by atoms with Crippen LogP contribution in [-0.2, 0) is 23.7 Å². The fourth-order valence-electron chi connectivity index (χ4n) is 11.1. The molecule has 192 valence electrons. The predicted octanol–water partition coefficient (Wildman–Crippen LogP) is -0.550. The number of aldehydes is 1. The average Bonchev–Trinajstić information content (AvgIpc) is 3.13. The number of aliphatic hydroxyl groups is 3. The fraction of sp³-hybridized carbons (Fsp3) is 0.960. The molecule has 1 saturated heterocycles. The van der Waals surface area contributed by atoms with Gasteiger partial charge in [0.15, 0.2) is 0 Å². The van der Waals surface area contributed by atoms with Crippen LogP contribution in [0.25, 0.3) is 0 Å². The van der Waals surface area contributed by atoms with Crippen LogP contribution in [0.4, 0.5) is 0 Å². The second-order valence-corrected chi connectivity index (χ2v) is 11.9. The third-order valence-electron chi connectivity index (χ3n) is 11.8. The molecule has 13 atom stereocenters. The van der Waals surface area contributed by atoms with Crippen LogP contribution in [0, 0.1) is 34.0 Å². The van der Waals surface area contributed by atoms with E-state index in [1.165, 1.54) is 7.11 Å². The molecular formula is C25H39NO8. The predicted molar refractivity (Wildman–Crippen MR) is 119 cm³/mol. The van der Waals surface area contributed by atoms with Crippen LogP contribution in [-0.4, -0.2) is 116 Å². The molecule has 6 fully saturated rings. The molecule has 5 saturated carbocycles. The van der Waals surface area contributed by atoms with Crippen molar-refractivity contribution in [1.29, 1.82) is 0 Å². The minimum atomic E-state index is -1.50. The maximum atomic E-state index is 13.1. The van der Waals surface area contributed by atoms with Gasteiger partial charge in [0.1, 0.15) is 11.9 Å². The van der Waals surface area contributed by atoms with Crippen molar-refractivity contribution >= 4 is 6.29 Å². The van der Waals surface area contributed by atoms with Crippen molar-refractivity contribution in [2.75, 3.05) is 48.1 Å². The molecule has 0 aromatic rings. The summed E-state index contributed by atoms with van der Waals surface area (Å²) in [4.78, 5) is 15.5. The van der Waals surface area contributed by atoms with E-state index in [1.54, 1.807) is 21.3 Å². The number of carbonyl (C=O) groups excluding carboxylic acids is 1. The first-order valence-corrected chi connectivity index (χ1v) is 12.6. The Kier molecular flexibility index (Phi) is 4.89. The zero-order valence-corrected chi connectivity index (χ0v) is 20.8. The van der Waals surface area contributed by atoms with Gasteiger partial charge in [-0.2, -0.15) is 0 Å². The van der Waals surface area contributed by atoms with Crippen LogP contribution >= 0.6 is 0 Å². The molecule has 9 heteroatoms. The summed E-state index contributed by atoms with van der Waals surface area (Å²) in [5.41, 5.74) is -5.54. The first-order chi connectivity index (χ1) is 16.2. The van der Waals surface area contributed by atoms with Crippen molar-refractivity contribution in [2.45, 2.75) is 67.8 Å². The number of hydrogen-bond donors (Lipinski definition) is 3. The summed E-state index contributed by atoms with van der Waals surface area (Å²) in [6.45, 7) is 3.78. The van der Waals surface area contributed by atoms with Crippen LogP contribution in [0.15, 0.2) is 0 Å². The van der Waals surface area contributed by atoms with E-state index < -0.39 is 51.7 Å². The number of methoxy groups -OCH3 is 4. The van der Waals surface area contributed by atoms with Crippen molar-refractivity contribution in [3.05, 3.63) is 0 Å². The average molecular weight is 482 g/mol. The molecule has 0 aromatic heterocycles. The van der Waals surface area contributed by atoms with Gasteiger partial charge in [0.05, 0.1) is 42.0 Å². The van der Waals surface area contributed by atoms with Crippen molar-refractivity contribution < 1.29 is 39.1 Å².